The number of hydrogen-bond acceptors (Lipinski definition) is 7. The normalized spacial score (nSPS) is 19.8. The zero-order valence-electron chi connectivity index (χ0n) is 25.1. The molecule has 2 rings (SSSR count). The van der Waals surface area contributed by atoms with E-state index in [2.05, 4.69) is 59.3 Å². The molecular formula is C32H45N7O. The lowest BCUT2D eigenvalue weighted by Crippen LogP contribution is -2.48. The quantitative estimate of drug-likeness (QED) is 0.233. The third-order valence-corrected chi connectivity index (χ3v) is 7.08. The molecule has 1 aliphatic heterocycles. The third kappa shape index (κ3) is 9.57. The summed E-state index contributed by atoms with van der Waals surface area (Å²) < 4.78 is 0. The fourth-order valence-electron chi connectivity index (χ4n) is 4.35. The molecule has 40 heavy (non-hydrogen) atoms. The van der Waals surface area contributed by atoms with Crippen LogP contribution in [0.4, 0.5) is 5.82 Å². The predicted octanol–water partition coefficient (Wildman–Crippen LogP) is 5.56. The van der Waals surface area contributed by atoms with Crippen LogP contribution in [0.3, 0.4) is 0 Å². The van der Waals surface area contributed by atoms with Crippen LogP contribution in [-0.4, -0.2) is 35.0 Å². The van der Waals surface area contributed by atoms with Gasteiger partial charge in [0, 0.05) is 36.2 Å². The largest absolute Gasteiger partial charge is 0.381 e. The van der Waals surface area contributed by atoms with E-state index >= 15 is 0 Å². The lowest BCUT2D eigenvalue weighted by molar-refractivity contribution is -0.114. The van der Waals surface area contributed by atoms with Gasteiger partial charge in [-0.2, -0.15) is 5.26 Å². The number of carbonyl (C=O) groups excluding carboxylic acids is 1. The fourth-order valence-corrected chi connectivity index (χ4v) is 4.35. The number of anilines is 1. The Labute approximate surface area is 240 Å². The topological polar surface area (TPSA) is 120 Å². The molecule has 0 aromatic carbocycles. The van der Waals surface area contributed by atoms with Gasteiger partial charge in [0.2, 0.25) is 0 Å². The van der Waals surface area contributed by atoms with Crippen molar-refractivity contribution in [2.45, 2.75) is 73.8 Å². The summed E-state index contributed by atoms with van der Waals surface area (Å²) in [6, 6.07) is 2.13. The first-order chi connectivity index (χ1) is 19.1. The van der Waals surface area contributed by atoms with Crippen molar-refractivity contribution in [3.63, 3.8) is 0 Å². The molecule has 1 saturated heterocycles. The summed E-state index contributed by atoms with van der Waals surface area (Å²) in [5.74, 6) is 0.538. The third-order valence-electron chi connectivity index (χ3n) is 7.08. The molecule has 4 N–H and O–H groups in total. The van der Waals surface area contributed by atoms with Crippen molar-refractivity contribution in [2.24, 2.45) is 11.7 Å². The van der Waals surface area contributed by atoms with Gasteiger partial charge in [-0.05, 0) is 71.1 Å². The van der Waals surface area contributed by atoms with Gasteiger partial charge in [-0.3, -0.25) is 4.79 Å². The summed E-state index contributed by atoms with van der Waals surface area (Å²) in [5.41, 5.74) is 11.6. The van der Waals surface area contributed by atoms with Crippen LogP contribution >= 0.6 is 0 Å². The van der Waals surface area contributed by atoms with E-state index in [0.717, 1.165) is 55.1 Å². The number of hydrogen-bond donors (Lipinski definition) is 3. The SMILES string of the molecule is C\C=C/C=C\C(N/C(C)=C/C(N[C@@H]1CCN(c2cnc(C#N)cn2)C[C@@H]1C)=C(\C=C(/C)CC)C(N)=O)=C(/C)CC. The summed E-state index contributed by atoms with van der Waals surface area (Å²) >= 11 is 0. The molecule has 0 aliphatic carbocycles. The first-order valence-corrected chi connectivity index (χ1v) is 14.0. The first kappa shape index (κ1) is 32.1. The van der Waals surface area contributed by atoms with Crippen LogP contribution in [-0.2, 0) is 4.79 Å². The molecular weight excluding hydrogens is 498 g/mol. The van der Waals surface area contributed by atoms with Crippen molar-refractivity contribution in [1.29, 1.82) is 5.26 Å². The molecule has 0 unspecified atom stereocenters. The molecule has 8 heteroatoms. The number of nitrogens with two attached hydrogens (primary N) is 1. The monoisotopic (exact) mass is 543 g/mol. The van der Waals surface area contributed by atoms with Gasteiger partial charge in [0.05, 0.1) is 18.0 Å². The Hall–Kier alpha value is -4.12. The van der Waals surface area contributed by atoms with Crippen LogP contribution in [0, 0.1) is 17.2 Å². The maximum Gasteiger partial charge on any atom is 0.250 e. The molecule has 0 radical (unpaired) electrons. The molecule has 1 amide bonds. The lowest BCUT2D eigenvalue weighted by atomic mass is 9.93. The second-order valence-electron chi connectivity index (χ2n) is 10.3. The van der Waals surface area contributed by atoms with E-state index in [0.29, 0.717) is 17.0 Å². The molecule has 0 saturated carbocycles. The van der Waals surface area contributed by atoms with Gasteiger partial charge >= 0.3 is 0 Å². The van der Waals surface area contributed by atoms with Gasteiger partial charge in [0.25, 0.3) is 5.91 Å². The van der Waals surface area contributed by atoms with Gasteiger partial charge in [-0.1, -0.05) is 50.1 Å². The number of piperidine rings is 1. The highest BCUT2D eigenvalue weighted by molar-refractivity contribution is 5.96. The highest BCUT2D eigenvalue weighted by atomic mass is 16.1. The number of aromatic nitrogens is 2. The van der Waals surface area contributed by atoms with Gasteiger partial charge in [0.15, 0.2) is 5.69 Å². The van der Waals surface area contributed by atoms with Crippen molar-refractivity contribution >= 4 is 11.7 Å². The summed E-state index contributed by atoms with van der Waals surface area (Å²) in [7, 11) is 0. The van der Waals surface area contributed by atoms with Crippen molar-refractivity contribution in [2.75, 3.05) is 18.0 Å². The van der Waals surface area contributed by atoms with E-state index in [1.54, 1.807) is 6.20 Å². The molecule has 0 bridgehead atoms. The predicted molar refractivity (Wildman–Crippen MR) is 164 cm³/mol. The number of rotatable bonds is 12. The standard InChI is InChI=1S/C32H45N7O/c1-8-11-12-13-28(23(5)10-3)37-25(7)17-30(27(32(34)40)16-22(4)9-2)38-29-14-15-39(21-24(29)6)31-20-35-26(18-33)19-36-31/h8,11-13,16-17,19-20,24,29,37-38H,9-10,14-15,21H2,1-7H3,(H2,34,40)/b11-8-,13-12-,22-16+,25-17+,28-23-,30-27-/t24-,29+/m0/s1. The minimum absolute atomic E-state index is 0.119. The summed E-state index contributed by atoms with van der Waals surface area (Å²) in [4.78, 5) is 23.5. The molecule has 1 fully saturated rings. The number of allylic oxidation sites excluding steroid dienone is 8. The van der Waals surface area contributed by atoms with Crippen molar-refractivity contribution in [3.05, 3.63) is 88.4 Å². The smallest absolute Gasteiger partial charge is 0.250 e. The first-order valence-electron chi connectivity index (χ1n) is 14.0. The molecule has 214 valence electrons. The maximum atomic E-state index is 12.7. The maximum absolute atomic E-state index is 12.7. The van der Waals surface area contributed by atoms with Gasteiger partial charge in [-0.25, -0.2) is 9.97 Å². The number of primary amides is 1. The Morgan fingerprint density at radius 3 is 2.45 bits per heavy atom. The number of nitrogens with zero attached hydrogens (tertiary/aromatic N) is 4. The van der Waals surface area contributed by atoms with Crippen LogP contribution in [0.1, 0.15) is 73.4 Å². The molecule has 8 nitrogen and oxygen atoms in total. The minimum atomic E-state index is -0.467. The molecule has 1 aliphatic rings. The molecule has 1 aromatic heterocycles. The molecule has 0 spiro atoms. The Morgan fingerprint density at radius 1 is 1.15 bits per heavy atom. The lowest BCUT2D eigenvalue weighted by Gasteiger charge is -2.38. The van der Waals surface area contributed by atoms with E-state index in [9.17, 15) is 4.79 Å². The van der Waals surface area contributed by atoms with E-state index in [-0.39, 0.29) is 12.0 Å². The van der Waals surface area contributed by atoms with Crippen LogP contribution < -0.4 is 21.3 Å². The molecule has 2 atom stereocenters. The Balaban J connectivity index is 2.40. The Bertz CT molecular complexity index is 1240. The van der Waals surface area contributed by atoms with Crippen molar-refractivity contribution in [3.8, 4) is 6.07 Å². The van der Waals surface area contributed by atoms with Gasteiger partial charge in [-0.15, -0.1) is 0 Å². The van der Waals surface area contributed by atoms with Gasteiger partial charge < -0.3 is 21.3 Å². The number of carbonyl (C=O) groups is 1. The zero-order chi connectivity index (χ0) is 29.7. The van der Waals surface area contributed by atoms with Crippen molar-refractivity contribution < 1.29 is 4.79 Å². The van der Waals surface area contributed by atoms with Gasteiger partial charge in [0.1, 0.15) is 11.9 Å². The summed E-state index contributed by atoms with van der Waals surface area (Å²) in [5, 5.41) is 16.2. The second-order valence-corrected chi connectivity index (χ2v) is 10.3. The molecule has 1 aromatic rings. The second kappa shape index (κ2) is 16.1. The number of nitrogens with one attached hydrogen (secondary N) is 2. The van der Waals surface area contributed by atoms with E-state index < -0.39 is 5.91 Å². The van der Waals surface area contributed by atoms with E-state index in [1.165, 1.54) is 11.8 Å². The number of nitriles is 1. The zero-order valence-corrected chi connectivity index (χ0v) is 25.1. The van der Waals surface area contributed by atoms with E-state index in [4.69, 9.17) is 11.0 Å². The Kier molecular flexibility index (Phi) is 12.9. The highest BCUT2D eigenvalue weighted by Gasteiger charge is 2.28. The van der Waals surface area contributed by atoms with Crippen LogP contribution in [0.2, 0.25) is 0 Å². The highest BCUT2D eigenvalue weighted by Crippen LogP contribution is 2.24. The molecule has 2 heterocycles. The van der Waals surface area contributed by atoms with E-state index in [1.807, 2.05) is 57.2 Å². The van der Waals surface area contributed by atoms with Crippen LogP contribution in [0.25, 0.3) is 0 Å². The number of amides is 1. The average molecular weight is 544 g/mol. The van der Waals surface area contributed by atoms with Crippen LogP contribution in [0.15, 0.2) is 82.7 Å². The van der Waals surface area contributed by atoms with Crippen LogP contribution in [0.5, 0.6) is 0 Å². The van der Waals surface area contributed by atoms with Crippen molar-refractivity contribution in [1.82, 2.24) is 20.6 Å². The minimum Gasteiger partial charge on any atom is -0.381 e. The average Bonchev–Trinajstić information content (AvgIpc) is 2.95. The summed E-state index contributed by atoms with van der Waals surface area (Å²) in [6.07, 6.45) is 17.7. The Morgan fingerprint density at radius 2 is 1.90 bits per heavy atom. The fraction of sp³-hybridized carbons (Fsp3) is 0.438. The summed E-state index contributed by atoms with van der Waals surface area (Å²) in [6.45, 7) is 16.0.